The Balaban J connectivity index is 2.10. The molecule has 0 heterocycles. The summed E-state index contributed by atoms with van der Waals surface area (Å²) in [5.74, 6) is 0.333. The summed E-state index contributed by atoms with van der Waals surface area (Å²) < 4.78 is 0. The molecular weight excluding hydrogens is 284 g/mol. The fourth-order valence-corrected chi connectivity index (χ4v) is 2.62. The lowest BCUT2D eigenvalue weighted by Crippen LogP contribution is -2.16. The zero-order chi connectivity index (χ0) is 16.8. The van der Waals surface area contributed by atoms with E-state index in [2.05, 4.69) is 44.3 Å². The molecule has 3 nitrogen and oxygen atoms in total. The third-order valence-corrected chi connectivity index (χ3v) is 3.98. The Kier molecular flexibility index (Phi) is 5.94. The van der Waals surface area contributed by atoms with Crippen molar-refractivity contribution in [2.45, 2.75) is 33.7 Å². The second kappa shape index (κ2) is 7.93. The van der Waals surface area contributed by atoms with E-state index in [4.69, 9.17) is 5.73 Å². The van der Waals surface area contributed by atoms with Crippen LogP contribution < -0.4 is 11.1 Å². The molecule has 2 aromatic rings. The van der Waals surface area contributed by atoms with Gasteiger partial charge >= 0.3 is 0 Å². The summed E-state index contributed by atoms with van der Waals surface area (Å²) in [5.41, 5.74) is 10.6. The Morgan fingerprint density at radius 3 is 2.61 bits per heavy atom. The molecule has 0 radical (unpaired) electrons. The Morgan fingerprint density at radius 2 is 1.96 bits per heavy atom. The molecule has 0 unspecified atom stereocenters. The molecule has 0 saturated carbocycles. The zero-order valence-electron chi connectivity index (χ0n) is 14.2. The van der Waals surface area contributed by atoms with Crippen molar-refractivity contribution < 1.29 is 4.79 Å². The van der Waals surface area contributed by atoms with E-state index >= 15 is 0 Å². The smallest absolute Gasteiger partial charge is 0.248 e. The summed E-state index contributed by atoms with van der Waals surface area (Å²) in [6.07, 6.45) is 1.19. The van der Waals surface area contributed by atoms with Crippen LogP contribution in [0.15, 0.2) is 42.5 Å². The molecule has 2 rings (SSSR count). The first-order valence-electron chi connectivity index (χ1n) is 8.18. The van der Waals surface area contributed by atoms with Crippen molar-refractivity contribution in [3.63, 3.8) is 0 Å². The second-order valence-electron chi connectivity index (χ2n) is 6.45. The minimum absolute atomic E-state index is 0.393. The third kappa shape index (κ3) is 4.93. The molecule has 1 amide bonds. The first kappa shape index (κ1) is 17.2. The van der Waals surface area contributed by atoms with Gasteiger partial charge in [0, 0.05) is 12.1 Å². The number of amides is 1. The summed E-state index contributed by atoms with van der Waals surface area (Å²) in [5, 5.41) is 3.48. The fourth-order valence-electron chi connectivity index (χ4n) is 2.62. The Hall–Kier alpha value is -2.13. The van der Waals surface area contributed by atoms with Crippen LogP contribution in [0.1, 0.15) is 41.8 Å². The maximum Gasteiger partial charge on any atom is 0.248 e. The standard InChI is InChI=1S/C20H26N2O/c1-14(2)9-10-22-13-16-7-8-19(15(3)11-16)17-5-4-6-18(12-17)20(21)23/h4-8,11-12,14,22H,9-10,13H2,1-3H3,(H2,21,23). The van der Waals surface area contributed by atoms with Crippen LogP contribution in [-0.2, 0) is 6.54 Å². The quantitative estimate of drug-likeness (QED) is 0.762. The van der Waals surface area contributed by atoms with Gasteiger partial charge in [-0.1, -0.05) is 44.2 Å². The van der Waals surface area contributed by atoms with Crippen LogP contribution in [0, 0.1) is 12.8 Å². The molecule has 0 aromatic heterocycles. The molecule has 3 heteroatoms. The van der Waals surface area contributed by atoms with Crippen molar-refractivity contribution >= 4 is 5.91 Å². The lowest BCUT2D eigenvalue weighted by atomic mass is 9.97. The predicted molar refractivity (Wildman–Crippen MR) is 96.3 cm³/mol. The average molecular weight is 310 g/mol. The highest BCUT2D eigenvalue weighted by Crippen LogP contribution is 2.25. The Labute approximate surface area is 138 Å². The summed E-state index contributed by atoms with van der Waals surface area (Å²) >= 11 is 0. The normalized spacial score (nSPS) is 11.0. The highest BCUT2D eigenvalue weighted by Gasteiger charge is 2.06. The van der Waals surface area contributed by atoms with E-state index in [1.165, 1.54) is 17.5 Å². The van der Waals surface area contributed by atoms with Gasteiger partial charge in [-0.15, -0.1) is 0 Å². The topological polar surface area (TPSA) is 55.1 Å². The number of nitrogens with two attached hydrogens (primary N) is 1. The van der Waals surface area contributed by atoms with Gasteiger partial charge in [0.25, 0.3) is 0 Å². The zero-order valence-corrected chi connectivity index (χ0v) is 14.2. The number of carbonyl (C=O) groups is 1. The lowest BCUT2D eigenvalue weighted by Gasteiger charge is -2.11. The van der Waals surface area contributed by atoms with Crippen molar-refractivity contribution in [3.8, 4) is 11.1 Å². The van der Waals surface area contributed by atoms with Gasteiger partial charge in [0.05, 0.1) is 0 Å². The summed E-state index contributed by atoms with van der Waals surface area (Å²) in [6.45, 7) is 8.50. The molecule has 122 valence electrons. The SMILES string of the molecule is Cc1cc(CNCCC(C)C)ccc1-c1cccc(C(N)=O)c1. The summed E-state index contributed by atoms with van der Waals surface area (Å²) in [4.78, 5) is 11.3. The average Bonchev–Trinajstić information content (AvgIpc) is 2.51. The number of nitrogens with one attached hydrogen (secondary N) is 1. The van der Waals surface area contributed by atoms with Crippen LogP contribution in [0.5, 0.6) is 0 Å². The van der Waals surface area contributed by atoms with Gasteiger partial charge < -0.3 is 11.1 Å². The third-order valence-electron chi connectivity index (χ3n) is 3.98. The largest absolute Gasteiger partial charge is 0.366 e. The molecule has 0 aliphatic carbocycles. The van der Waals surface area contributed by atoms with Crippen molar-refractivity contribution in [3.05, 3.63) is 59.2 Å². The van der Waals surface area contributed by atoms with Crippen LogP contribution in [-0.4, -0.2) is 12.5 Å². The maximum atomic E-state index is 11.3. The molecular formula is C20H26N2O. The van der Waals surface area contributed by atoms with E-state index in [0.717, 1.165) is 30.1 Å². The molecule has 3 N–H and O–H groups in total. The number of aryl methyl sites for hydroxylation is 1. The van der Waals surface area contributed by atoms with Crippen molar-refractivity contribution in [1.29, 1.82) is 0 Å². The maximum absolute atomic E-state index is 11.3. The van der Waals surface area contributed by atoms with Gasteiger partial charge in [0.2, 0.25) is 5.91 Å². The number of carbonyl (C=O) groups excluding carboxylic acids is 1. The second-order valence-corrected chi connectivity index (χ2v) is 6.45. The lowest BCUT2D eigenvalue weighted by molar-refractivity contribution is 0.100. The van der Waals surface area contributed by atoms with Gasteiger partial charge in [-0.3, -0.25) is 4.79 Å². The van der Waals surface area contributed by atoms with Gasteiger partial charge in [-0.25, -0.2) is 0 Å². The minimum atomic E-state index is -0.393. The van der Waals surface area contributed by atoms with Crippen LogP contribution in [0.4, 0.5) is 0 Å². The van der Waals surface area contributed by atoms with Gasteiger partial charge in [0.15, 0.2) is 0 Å². The van der Waals surface area contributed by atoms with Crippen molar-refractivity contribution in [2.24, 2.45) is 11.7 Å². The number of hydrogen-bond donors (Lipinski definition) is 2. The highest BCUT2D eigenvalue weighted by molar-refractivity contribution is 5.94. The van der Waals surface area contributed by atoms with Gasteiger partial charge in [-0.05, 0) is 60.2 Å². The Morgan fingerprint density at radius 1 is 1.17 bits per heavy atom. The van der Waals surface area contributed by atoms with Crippen molar-refractivity contribution in [1.82, 2.24) is 5.32 Å². The minimum Gasteiger partial charge on any atom is -0.366 e. The first-order chi connectivity index (χ1) is 11.0. The van der Waals surface area contributed by atoms with E-state index < -0.39 is 5.91 Å². The summed E-state index contributed by atoms with van der Waals surface area (Å²) in [6, 6.07) is 13.9. The fraction of sp³-hybridized carbons (Fsp3) is 0.350. The molecule has 0 spiro atoms. The summed E-state index contributed by atoms with van der Waals surface area (Å²) in [7, 11) is 0. The van der Waals surface area contributed by atoms with E-state index in [0.29, 0.717) is 5.56 Å². The predicted octanol–water partition coefficient (Wildman–Crippen LogP) is 3.90. The molecule has 2 aromatic carbocycles. The molecule has 23 heavy (non-hydrogen) atoms. The van der Waals surface area contributed by atoms with Crippen LogP contribution in [0.2, 0.25) is 0 Å². The van der Waals surface area contributed by atoms with E-state index in [-0.39, 0.29) is 0 Å². The van der Waals surface area contributed by atoms with E-state index in [1.54, 1.807) is 6.07 Å². The van der Waals surface area contributed by atoms with Crippen molar-refractivity contribution in [2.75, 3.05) is 6.54 Å². The molecule has 0 aliphatic heterocycles. The van der Waals surface area contributed by atoms with Gasteiger partial charge in [-0.2, -0.15) is 0 Å². The van der Waals surface area contributed by atoms with Crippen LogP contribution >= 0.6 is 0 Å². The van der Waals surface area contributed by atoms with E-state index in [1.807, 2.05) is 18.2 Å². The number of hydrogen-bond acceptors (Lipinski definition) is 2. The van der Waals surface area contributed by atoms with Crippen LogP contribution in [0.25, 0.3) is 11.1 Å². The number of benzene rings is 2. The monoisotopic (exact) mass is 310 g/mol. The first-order valence-corrected chi connectivity index (χ1v) is 8.18. The molecule has 0 bridgehead atoms. The van der Waals surface area contributed by atoms with E-state index in [9.17, 15) is 4.79 Å². The molecule has 0 fully saturated rings. The Bertz CT molecular complexity index is 677. The molecule has 0 aliphatic rings. The number of rotatable bonds is 7. The molecule has 0 atom stereocenters. The molecule has 0 saturated heterocycles. The number of primary amides is 1. The van der Waals surface area contributed by atoms with Crippen LogP contribution in [0.3, 0.4) is 0 Å². The van der Waals surface area contributed by atoms with Gasteiger partial charge in [0.1, 0.15) is 0 Å². The highest BCUT2D eigenvalue weighted by atomic mass is 16.1.